The summed E-state index contributed by atoms with van der Waals surface area (Å²) in [4.78, 5) is 43.0. The largest absolute Gasteiger partial charge is 0.506 e. The van der Waals surface area contributed by atoms with Gasteiger partial charge in [-0.1, -0.05) is 37.5 Å². The number of hydrogen-bond donors (Lipinski definition) is 6. The van der Waals surface area contributed by atoms with Gasteiger partial charge >= 0.3 is 11.7 Å². The summed E-state index contributed by atoms with van der Waals surface area (Å²) >= 11 is 2.57. The standard InChI is InChI=1S/C40H44N4O8S2/c1-43(29-23-54-37(35(29)25-8-3-2-4-9-25)40(51,38(48)49)33-10-7-19-53-33)17-5-6-18-44-28-14-11-24(20-32(28)52-39(44)50)21-41-22-31(46)26-12-15-30(45)36-27(26)13-16-34(47)42-36/h7,10-16,19-20,23,25,31,41,45-46,51H,2-6,8-9,17-18,21-22H2,1H3,(H,42,47)(H,48,49)/t31-,40?/m0/s1. The molecule has 1 aliphatic carbocycles. The molecule has 0 amide bonds. The molecule has 4 aromatic heterocycles. The molecule has 1 unspecified atom stereocenters. The van der Waals surface area contributed by atoms with Crippen molar-refractivity contribution < 1.29 is 29.6 Å². The number of unbranched alkanes of at least 4 members (excludes halogenated alkanes) is 1. The molecule has 4 heterocycles. The molecule has 1 saturated carbocycles. The first-order valence-corrected chi connectivity index (χ1v) is 20.0. The lowest BCUT2D eigenvalue weighted by atomic mass is 9.80. The molecule has 2 aromatic carbocycles. The summed E-state index contributed by atoms with van der Waals surface area (Å²) in [5.41, 5.74) is 2.36. The van der Waals surface area contributed by atoms with Gasteiger partial charge in [-0.3, -0.25) is 9.36 Å². The average Bonchev–Trinajstić information content (AvgIpc) is 3.93. The maximum Gasteiger partial charge on any atom is 0.419 e. The minimum Gasteiger partial charge on any atom is -0.506 e. The molecular formula is C40H44N4O8S2. The maximum atomic E-state index is 12.9. The van der Waals surface area contributed by atoms with Gasteiger partial charge < -0.3 is 40.0 Å². The highest BCUT2D eigenvalue weighted by Gasteiger charge is 2.46. The van der Waals surface area contributed by atoms with Gasteiger partial charge in [-0.25, -0.2) is 9.59 Å². The Kier molecular flexibility index (Phi) is 11.1. The van der Waals surface area contributed by atoms with E-state index in [0.29, 0.717) is 57.9 Å². The lowest BCUT2D eigenvalue weighted by Crippen LogP contribution is -2.36. The molecule has 0 aliphatic heterocycles. The number of nitrogens with zero attached hydrogens (tertiary/aromatic N) is 2. The second kappa shape index (κ2) is 15.9. The first kappa shape index (κ1) is 37.6. The van der Waals surface area contributed by atoms with Crippen LogP contribution >= 0.6 is 22.7 Å². The monoisotopic (exact) mass is 772 g/mol. The number of aliphatic hydroxyl groups excluding tert-OH is 1. The molecule has 54 heavy (non-hydrogen) atoms. The van der Waals surface area contributed by atoms with Gasteiger partial charge in [0.25, 0.3) is 0 Å². The number of rotatable bonds is 15. The SMILES string of the molecule is CN(CCCCn1c(=O)oc2cc(CNC[C@H](O)c3ccc(O)c4[nH]c(=O)ccc34)ccc21)c1csc(C(O)(C(=O)O)c2cccs2)c1C1CCCCC1. The normalized spacial score (nSPS) is 15.5. The van der Waals surface area contributed by atoms with Crippen LogP contribution in [0.3, 0.4) is 0 Å². The molecule has 0 saturated heterocycles. The van der Waals surface area contributed by atoms with Crippen LogP contribution in [0.25, 0.3) is 22.0 Å². The summed E-state index contributed by atoms with van der Waals surface area (Å²) in [6.45, 7) is 1.77. The van der Waals surface area contributed by atoms with E-state index < -0.39 is 23.4 Å². The van der Waals surface area contributed by atoms with Gasteiger partial charge in [0.2, 0.25) is 11.2 Å². The number of aromatic hydroxyl groups is 1. The Hall–Kier alpha value is -4.73. The number of carbonyl (C=O) groups is 1. The fourth-order valence-electron chi connectivity index (χ4n) is 7.70. The van der Waals surface area contributed by atoms with E-state index in [4.69, 9.17) is 4.42 Å². The summed E-state index contributed by atoms with van der Waals surface area (Å²) in [6, 6.07) is 15.1. The molecule has 0 bridgehead atoms. The van der Waals surface area contributed by atoms with Gasteiger partial charge in [0.1, 0.15) is 5.75 Å². The lowest BCUT2D eigenvalue weighted by Gasteiger charge is -2.30. The van der Waals surface area contributed by atoms with E-state index in [-0.39, 0.29) is 29.3 Å². The third kappa shape index (κ3) is 7.36. The Morgan fingerprint density at radius 2 is 1.91 bits per heavy atom. The molecule has 0 spiro atoms. The number of aliphatic hydroxyl groups is 2. The summed E-state index contributed by atoms with van der Waals surface area (Å²) in [5, 5.41) is 50.7. The predicted octanol–water partition coefficient (Wildman–Crippen LogP) is 6.37. The van der Waals surface area contributed by atoms with Crippen molar-refractivity contribution in [3.05, 3.63) is 113 Å². The average molecular weight is 773 g/mol. The first-order chi connectivity index (χ1) is 26.1. The van der Waals surface area contributed by atoms with Crippen LogP contribution < -0.4 is 21.5 Å². The molecule has 2 atom stereocenters. The number of pyridine rings is 1. The Morgan fingerprint density at radius 1 is 1.09 bits per heavy atom. The number of carboxylic acid groups (broad SMARTS) is 1. The third-order valence-electron chi connectivity index (χ3n) is 10.5. The zero-order valence-electron chi connectivity index (χ0n) is 29.9. The molecular weight excluding hydrogens is 729 g/mol. The predicted molar refractivity (Wildman–Crippen MR) is 211 cm³/mol. The van der Waals surface area contributed by atoms with E-state index in [0.717, 1.165) is 55.3 Å². The number of thiophene rings is 2. The van der Waals surface area contributed by atoms with Crippen molar-refractivity contribution in [2.75, 3.05) is 25.0 Å². The van der Waals surface area contributed by atoms with Gasteiger partial charge in [-0.05, 0) is 84.0 Å². The van der Waals surface area contributed by atoms with Crippen LogP contribution in [0.4, 0.5) is 5.69 Å². The van der Waals surface area contributed by atoms with Crippen molar-refractivity contribution >= 4 is 56.3 Å². The van der Waals surface area contributed by atoms with Crippen LogP contribution in [-0.2, 0) is 23.5 Å². The van der Waals surface area contributed by atoms with Crippen LogP contribution in [0.1, 0.15) is 83.4 Å². The van der Waals surface area contributed by atoms with E-state index in [1.807, 2.05) is 30.6 Å². The molecule has 6 aromatic rings. The molecule has 12 nitrogen and oxygen atoms in total. The number of anilines is 1. The lowest BCUT2D eigenvalue weighted by molar-refractivity contribution is -0.154. The Morgan fingerprint density at radius 3 is 2.67 bits per heavy atom. The molecule has 14 heteroatoms. The zero-order chi connectivity index (χ0) is 38.0. The maximum absolute atomic E-state index is 12.9. The van der Waals surface area contributed by atoms with Gasteiger partial charge in [-0.15, -0.1) is 22.7 Å². The van der Waals surface area contributed by atoms with E-state index in [9.17, 15) is 34.8 Å². The van der Waals surface area contributed by atoms with Crippen molar-refractivity contribution in [3.8, 4) is 5.75 Å². The number of aromatic amines is 1. The number of nitrogens with one attached hydrogen (secondary N) is 2. The van der Waals surface area contributed by atoms with Crippen molar-refractivity contribution in [2.24, 2.45) is 0 Å². The summed E-state index contributed by atoms with van der Waals surface area (Å²) in [7, 11) is 2.01. The van der Waals surface area contributed by atoms with Crippen molar-refractivity contribution in [1.82, 2.24) is 14.9 Å². The topological polar surface area (TPSA) is 181 Å². The number of aliphatic carboxylic acids is 1. The number of carboxylic acids is 1. The quantitative estimate of drug-likeness (QED) is 0.0642. The number of hydrogen-bond acceptors (Lipinski definition) is 11. The minimum absolute atomic E-state index is 0.0693. The molecule has 1 aliphatic rings. The second-order valence-corrected chi connectivity index (χ2v) is 15.9. The van der Waals surface area contributed by atoms with Crippen molar-refractivity contribution in [3.63, 3.8) is 0 Å². The first-order valence-electron chi connectivity index (χ1n) is 18.2. The third-order valence-corrected chi connectivity index (χ3v) is 12.6. The highest BCUT2D eigenvalue weighted by Crippen LogP contribution is 2.49. The van der Waals surface area contributed by atoms with E-state index >= 15 is 0 Å². The summed E-state index contributed by atoms with van der Waals surface area (Å²) in [6.07, 6.45) is 5.81. The second-order valence-electron chi connectivity index (χ2n) is 14.1. The van der Waals surface area contributed by atoms with E-state index in [1.165, 1.54) is 34.8 Å². The van der Waals surface area contributed by atoms with Gasteiger partial charge in [0, 0.05) is 50.1 Å². The Balaban J connectivity index is 0.983. The Labute approximate surface area is 318 Å². The molecule has 6 N–H and O–H groups in total. The molecule has 7 rings (SSSR count). The van der Waals surface area contributed by atoms with Gasteiger partial charge in [0.05, 0.1) is 32.6 Å². The number of aryl methyl sites for hydroxylation is 1. The highest BCUT2D eigenvalue weighted by atomic mass is 32.1. The number of fused-ring (bicyclic) bond motifs is 2. The van der Waals surface area contributed by atoms with Gasteiger partial charge in [0.15, 0.2) is 5.58 Å². The number of oxazole rings is 1. The fraction of sp³-hybridized carbons (Fsp3) is 0.375. The van der Waals surface area contributed by atoms with Crippen LogP contribution in [0, 0.1) is 0 Å². The van der Waals surface area contributed by atoms with Crippen molar-refractivity contribution in [1.29, 1.82) is 0 Å². The zero-order valence-corrected chi connectivity index (χ0v) is 31.5. The smallest absolute Gasteiger partial charge is 0.419 e. The molecule has 1 fully saturated rings. The molecule has 0 radical (unpaired) electrons. The van der Waals surface area contributed by atoms with Crippen LogP contribution in [0.2, 0.25) is 0 Å². The number of H-pyrrole nitrogens is 1. The fourth-order valence-corrected chi connectivity index (χ4v) is 9.89. The highest BCUT2D eigenvalue weighted by molar-refractivity contribution is 7.12. The van der Waals surface area contributed by atoms with Crippen LogP contribution in [0.5, 0.6) is 5.75 Å². The molecule has 284 valence electrons. The van der Waals surface area contributed by atoms with E-state index in [2.05, 4.69) is 15.2 Å². The number of phenolic OH excluding ortho intramolecular Hbond substituents is 1. The van der Waals surface area contributed by atoms with Crippen LogP contribution in [0.15, 0.2) is 79.4 Å². The van der Waals surface area contributed by atoms with Crippen molar-refractivity contribution in [2.45, 2.75) is 75.7 Å². The Bertz CT molecular complexity index is 2370. The number of aromatic nitrogens is 2. The summed E-state index contributed by atoms with van der Waals surface area (Å²) < 4.78 is 7.26. The van der Waals surface area contributed by atoms with E-state index in [1.54, 1.807) is 34.2 Å². The van der Waals surface area contributed by atoms with Crippen LogP contribution in [-0.4, -0.2) is 56.1 Å². The minimum atomic E-state index is -2.10. The number of benzene rings is 2. The number of phenols is 1. The van der Waals surface area contributed by atoms with Gasteiger partial charge in [-0.2, -0.15) is 0 Å². The summed E-state index contributed by atoms with van der Waals surface area (Å²) in [5.74, 6) is -1.59.